The van der Waals surface area contributed by atoms with E-state index in [0.717, 1.165) is 12.0 Å². The summed E-state index contributed by atoms with van der Waals surface area (Å²) in [5, 5.41) is 6.71. The lowest BCUT2D eigenvalue weighted by Gasteiger charge is -2.01. The highest BCUT2D eigenvalue weighted by molar-refractivity contribution is 5.98. The lowest BCUT2D eigenvalue weighted by molar-refractivity contribution is -0.0888. The topological polar surface area (TPSA) is 65.6 Å². The highest BCUT2D eigenvalue weighted by Gasteiger charge is 2.41. The van der Waals surface area contributed by atoms with Crippen LogP contribution >= 0.6 is 0 Å². The minimum atomic E-state index is -4.93. The molecule has 0 N–H and O–H groups in total. The second kappa shape index (κ2) is 4.82. The summed E-state index contributed by atoms with van der Waals surface area (Å²) in [6.45, 7) is 0.295. The van der Waals surface area contributed by atoms with Crippen LogP contribution in [0.4, 0.5) is 13.2 Å². The molecule has 2 aromatic heterocycles. The number of hydrogen-bond acceptors (Lipinski definition) is 4. The molecule has 0 atom stereocenters. The molecular weight excluding hydrogens is 263 g/mol. The number of alkyl halides is 3. The Morgan fingerprint density at radius 3 is 2.74 bits per heavy atom. The molecule has 0 unspecified atom stereocenters. The number of Topliss-reactive ketones (excluding diaryl/α,β-unsaturated/α-hetero) is 1. The molecule has 0 saturated heterocycles. The number of rotatable bonds is 4. The van der Waals surface area contributed by atoms with Gasteiger partial charge in [0.15, 0.2) is 5.69 Å². The van der Waals surface area contributed by atoms with Crippen LogP contribution in [0.25, 0.3) is 0 Å². The number of imidazole rings is 1. The molecule has 102 valence electrons. The summed E-state index contributed by atoms with van der Waals surface area (Å²) in [6.07, 6.45) is -0.0869. The minimum absolute atomic E-state index is 0.295. The molecule has 0 aromatic carbocycles. The lowest BCUT2D eigenvalue weighted by atomic mass is 10.3. The van der Waals surface area contributed by atoms with Gasteiger partial charge in [0.2, 0.25) is 0 Å². The zero-order valence-corrected chi connectivity index (χ0v) is 9.92. The molecule has 0 radical (unpaired) electrons. The maximum Gasteiger partial charge on any atom is 0.456 e. The Morgan fingerprint density at radius 1 is 1.42 bits per heavy atom. The third-order valence-electron chi connectivity index (χ3n) is 2.51. The normalized spacial score (nSPS) is 11.8. The van der Waals surface area contributed by atoms with Gasteiger partial charge in [-0.05, 0) is 0 Å². The maximum atomic E-state index is 12.2. The van der Waals surface area contributed by atoms with Crippen molar-refractivity contribution in [2.45, 2.75) is 19.1 Å². The van der Waals surface area contributed by atoms with Crippen molar-refractivity contribution in [2.75, 3.05) is 0 Å². The molecule has 19 heavy (non-hydrogen) atoms. The molecule has 6 nitrogen and oxygen atoms in total. The van der Waals surface area contributed by atoms with E-state index in [1.54, 1.807) is 17.0 Å². The summed E-state index contributed by atoms with van der Waals surface area (Å²) in [4.78, 5) is 15.0. The molecule has 0 aliphatic rings. The van der Waals surface area contributed by atoms with E-state index in [-0.39, 0.29) is 0 Å². The fourth-order valence-corrected chi connectivity index (χ4v) is 1.51. The summed E-state index contributed by atoms with van der Waals surface area (Å²) < 4.78 is 39.5. The van der Waals surface area contributed by atoms with Crippen LogP contribution in [0, 0.1) is 0 Å². The lowest BCUT2D eigenvalue weighted by Crippen LogP contribution is -2.23. The largest absolute Gasteiger partial charge is 0.456 e. The predicted octanol–water partition coefficient (Wildman–Crippen LogP) is 0.999. The molecule has 2 aromatic rings. The van der Waals surface area contributed by atoms with E-state index in [4.69, 9.17) is 0 Å². The number of ketones is 1. The van der Waals surface area contributed by atoms with Crippen molar-refractivity contribution in [1.29, 1.82) is 0 Å². The molecule has 0 fully saturated rings. The van der Waals surface area contributed by atoms with Gasteiger partial charge in [-0.1, -0.05) is 5.21 Å². The van der Waals surface area contributed by atoms with Crippen molar-refractivity contribution in [3.8, 4) is 0 Å². The average molecular weight is 273 g/mol. The van der Waals surface area contributed by atoms with Gasteiger partial charge < -0.3 is 4.57 Å². The Morgan fingerprint density at radius 2 is 2.16 bits per heavy atom. The van der Waals surface area contributed by atoms with Crippen LogP contribution in [0.5, 0.6) is 0 Å². The second-order valence-corrected chi connectivity index (χ2v) is 3.90. The van der Waals surface area contributed by atoms with E-state index >= 15 is 0 Å². The van der Waals surface area contributed by atoms with Crippen molar-refractivity contribution in [2.24, 2.45) is 7.05 Å². The van der Waals surface area contributed by atoms with Gasteiger partial charge in [-0.3, -0.25) is 9.48 Å². The van der Waals surface area contributed by atoms with Gasteiger partial charge in [0.1, 0.15) is 5.82 Å². The molecule has 2 rings (SSSR count). The first-order chi connectivity index (χ1) is 8.88. The summed E-state index contributed by atoms with van der Waals surface area (Å²) in [5.74, 6) is -1.23. The van der Waals surface area contributed by atoms with E-state index in [0.29, 0.717) is 13.0 Å². The molecule has 0 saturated carbocycles. The minimum Gasteiger partial charge on any atom is -0.338 e. The van der Waals surface area contributed by atoms with Crippen LogP contribution in [0.3, 0.4) is 0 Å². The van der Waals surface area contributed by atoms with Crippen molar-refractivity contribution < 1.29 is 18.0 Å². The monoisotopic (exact) mass is 273 g/mol. The number of carbonyl (C=O) groups is 1. The molecule has 0 bridgehead atoms. The van der Waals surface area contributed by atoms with E-state index in [1.165, 1.54) is 4.68 Å². The first kappa shape index (κ1) is 13.2. The maximum absolute atomic E-state index is 12.2. The fourth-order valence-electron chi connectivity index (χ4n) is 1.51. The molecule has 0 aliphatic carbocycles. The van der Waals surface area contributed by atoms with Gasteiger partial charge in [-0.25, -0.2) is 4.98 Å². The Hall–Kier alpha value is -2.19. The van der Waals surface area contributed by atoms with Gasteiger partial charge in [-0.2, -0.15) is 13.2 Å². The molecule has 2 heterocycles. The number of halogens is 3. The van der Waals surface area contributed by atoms with Gasteiger partial charge in [-0.15, -0.1) is 5.10 Å². The number of aromatic nitrogens is 5. The molecule has 0 amide bonds. The van der Waals surface area contributed by atoms with Crippen LogP contribution in [0.15, 0.2) is 18.6 Å². The van der Waals surface area contributed by atoms with Crippen LogP contribution in [-0.2, 0) is 20.0 Å². The Balaban J connectivity index is 2.02. The zero-order chi connectivity index (χ0) is 14.0. The number of hydrogen-bond donors (Lipinski definition) is 0. The summed E-state index contributed by atoms with van der Waals surface area (Å²) >= 11 is 0. The SMILES string of the molecule is Cn1ccnc1CCn1cc(C(=O)C(F)(F)F)nn1. The average Bonchev–Trinajstić information content (AvgIpc) is 2.93. The fraction of sp³-hybridized carbons (Fsp3) is 0.400. The number of carbonyl (C=O) groups excluding carboxylic acids is 1. The standard InChI is InChI=1S/C10H10F3N5O/c1-17-5-3-14-8(17)2-4-18-6-7(15-16-18)9(19)10(11,12)13/h3,5-6H,2,4H2,1H3. The highest BCUT2D eigenvalue weighted by atomic mass is 19.4. The molecule has 0 spiro atoms. The Labute approximate surface area is 105 Å². The summed E-state index contributed by atoms with van der Waals surface area (Å²) in [6, 6.07) is 0. The molecule has 9 heteroatoms. The summed E-state index contributed by atoms with van der Waals surface area (Å²) in [7, 11) is 1.81. The first-order valence-electron chi connectivity index (χ1n) is 5.36. The predicted molar refractivity (Wildman–Crippen MR) is 57.3 cm³/mol. The van der Waals surface area contributed by atoms with Crippen molar-refractivity contribution in [1.82, 2.24) is 24.5 Å². The third kappa shape index (κ3) is 2.98. The zero-order valence-electron chi connectivity index (χ0n) is 9.92. The van der Waals surface area contributed by atoms with Gasteiger partial charge in [0.25, 0.3) is 5.78 Å². The molecule has 0 aliphatic heterocycles. The van der Waals surface area contributed by atoms with Gasteiger partial charge in [0.05, 0.1) is 6.20 Å². The Bertz CT molecular complexity index is 586. The Kier molecular flexibility index (Phi) is 3.36. The molecular formula is C10H10F3N5O. The van der Waals surface area contributed by atoms with Crippen LogP contribution in [-0.4, -0.2) is 36.5 Å². The van der Waals surface area contributed by atoms with E-state index in [1.807, 2.05) is 7.05 Å². The van der Waals surface area contributed by atoms with Gasteiger partial charge in [0, 0.05) is 32.4 Å². The highest BCUT2D eigenvalue weighted by Crippen LogP contribution is 2.19. The van der Waals surface area contributed by atoms with Crippen LogP contribution in [0.1, 0.15) is 16.3 Å². The number of aryl methyl sites for hydroxylation is 3. The van der Waals surface area contributed by atoms with Crippen LogP contribution in [0.2, 0.25) is 0 Å². The number of nitrogens with zero attached hydrogens (tertiary/aromatic N) is 5. The van der Waals surface area contributed by atoms with Crippen LogP contribution < -0.4 is 0 Å². The smallest absolute Gasteiger partial charge is 0.338 e. The van der Waals surface area contributed by atoms with E-state index < -0.39 is 17.7 Å². The van der Waals surface area contributed by atoms with Gasteiger partial charge >= 0.3 is 6.18 Å². The summed E-state index contributed by atoms with van der Waals surface area (Å²) in [5.41, 5.74) is -0.702. The van der Waals surface area contributed by atoms with Crippen molar-refractivity contribution in [3.05, 3.63) is 30.1 Å². The first-order valence-corrected chi connectivity index (χ1v) is 5.36. The van der Waals surface area contributed by atoms with E-state index in [9.17, 15) is 18.0 Å². The van der Waals surface area contributed by atoms with Crippen molar-refractivity contribution >= 4 is 5.78 Å². The second-order valence-electron chi connectivity index (χ2n) is 3.90. The van der Waals surface area contributed by atoms with E-state index in [2.05, 4.69) is 15.3 Å². The van der Waals surface area contributed by atoms with Crippen molar-refractivity contribution in [3.63, 3.8) is 0 Å². The quantitative estimate of drug-likeness (QED) is 0.779. The third-order valence-corrected chi connectivity index (χ3v) is 2.51.